The number of carbonyl (C=O) groups excluding carboxylic acids is 3. The van der Waals surface area contributed by atoms with Crippen molar-refractivity contribution >= 4 is 17.9 Å². The van der Waals surface area contributed by atoms with Crippen LogP contribution >= 0.6 is 0 Å². The molecule has 0 aliphatic heterocycles. The zero-order valence-corrected chi connectivity index (χ0v) is 23.1. The van der Waals surface area contributed by atoms with Crippen LogP contribution in [-0.2, 0) is 14.2 Å². The van der Waals surface area contributed by atoms with Gasteiger partial charge in [0.2, 0.25) is 0 Å². The van der Waals surface area contributed by atoms with Gasteiger partial charge in [-0.15, -0.1) is 0 Å². The van der Waals surface area contributed by atoms with Gasteiger partial charge in [-0.2, -0.15) is 0 Å². The van der Waals surface area contributed by atoms with Gasteiger partial charge in [-0.25, -0.2) is 14.4 Å². The van der Waals surface area contributed by atoms with Crippen LogP contribution in [0.1, 0.15) is 109 Å². The molecule has 200 valence electrons. The van der Waals surface area contributed by atoms with E-state index in [0.29, 0.717) is 33.8 Å². The number of carbonyl (C=O) groups is 3. The molecule has 37 heavy (non-hydrogen) atoms. The summed E-state index contributed by atoms with van der Waals surface area (Å²) >= 11 is 0. The normalized spacial score (nSPS) is 11.2. The highest BCUT2D eigenvalue weighted by molar-refractivity contribution is 5.95. The van der Waals surface area contributed by atoms with E-state index in [4.69, 9.17) is 14.2 Å². The molecular formula is C28H37N3O6. The minimum Gasteiger partial charge on any atom is -0.462 e. The Morgan fingerprint density at radius 1 is 0.541 bits per heavy atom. The monoisotopic (exact) mass is 511 g/mol. The van der Waals surface area contributed by atoms with Gasteiger partial charge in [0.15, 0.2) is 0 Å². The van der Waals surface area contributed by atoms with Crippen LogP contribution in [0.25, 0.3) is 0 Å². The molecule has 9 nitrogen and oxygen atoms in total. The Bertz CT molecular complexity index is 1180. The first kappa shape index (κ1) is 27.8. The lowest BCUT2D eigenvalue weighted by Crippen LogP contribution is -2.12. The Kier molecular flexibility index (Phi) is 8.35. The minimum absolute atomic E-state index is 0.261. The number of aryl methyl sites for hydroxylation is 3. The molecule has 0 fully saturated rings. The van der Waals surface area contributed by atoms with Crippen molar-refractivity contribution in [2.45, 2.75) is 68.2 Å². The molecule has 9 heteroatoms. The Hall–Kier alpha value is -3.75. The summed E-state index contributed by atoms with van der Waals surface area (Å²) in [7, 11) is 0. The molecule has 0 aromatic carbocycles. The molecule has 3 aromatic heterocycles. The van der Waals surface area contributed by atoms with Crippen LogP contribution in [0.2, 0.25) is 0 Å². The van der Waals surface area contributed by atoms with Crippen molar-refractivity contribution in [2.24, 2.45) is 0 Å². The van der Waals surface area contributed by atoms with Gasteiger partial charge >= 0.3 is 17.9 Å². The zero-order chi connectivity index (χ0) is 27.6. The van der Waals surface area contributed by atoms with Crippen LogP contribution in [-0.4, -0.2) is 52.7 Å². The van der Waals surface area contributed by atoms with Gasteiger partial charge in [-0.05, 0) is 79.0 Å². The molecule has 0 radical (unpaired) electrons. The summed E-state index contributed by atoms with van der Waals surface area (Å²) in [5.74, 6) is -1.70. The topological polar surface area (TPSA) is 126 Å². The quantitative estimate of drug-likeness (QED) is 0.267. The van der Waals surface area contributed by atoms with Crippen LogP contribution < -0.4 is 0 Å². The van der Waals surface area contributed by atoms with E-state index in [1.54, 1.807) is 20.8 Å². The minimum atomic E-state index is -0.481. The lowest BCUT2D eigenvalue weighted by atomic mass is 9.89. The van der Waals surface area contributed by atoms with Crippen LogP contribution in [0.3, 0.4) is 0 Å². The van der Waals surface area contributed by atoms with E-state index in [9.17, 15) is 14.4 Å². The lowest BCUT2D eigenvalue weighted by molar-refractivity contribution is 0.0515. The highest BCUT2D eigenvalue weighted by Crippen LogP contribution is 2.40. The molecule has 3 aromatic rings. The summed E-state index contributed by atoms with van der Waals surface area (Å²) in [5.41, 5.74) is 7.89. The molecule has 0 aliphatic rings. The Morgan fingerprint density at radius 2 is 0.784 bits per heavy atom. The SMILES string of the molecule is CCOC(=O)c1c(C)[nH]c(C(c2[nH]c(C)c(C(=O)OCC)c2C)c2[nH]c(C)c(C(=O)OCC)c2C)c1C. The molecule has 3 heterocycles. The summed E-state index contributed by atoms with van der Waals surface area (Å²) < 4.78 is 15.9. The number of nitrogens with one attached hydrogen (secondary N) is 3. The number of hydrogen-bond acceptors (Lipinski definition) is 6. The third-order valence-corrected chi connectivity index (χ3v) is 6.73. The van der Waals surface area contributed by atoms with Gasteiger partial charge in [0.25, 0.3) is 0 Å². The van der Waals surface area contributed by atoms with Crippen molar-refractivity contribution in [2.75, 3.05) is 19.8 Å². The van der Waals surface area contributed by atoms with E-state index in [-0.39, 0.29) is 19.8 Å². The third kappa shape index (κ3) is 4.95. The number of ether oxygens (including phenoxy) is 3. The fraction of sp³-hybridized carbons (Fsp3) is 0.464. The van der Waals surface area contributed by atoms with E-state index in [1.165, 1.54) is 0 Å². The van der Waals surface area contributed by atoms with Crippen LogP contribution in [0.5, 0.6) is 0 Å². The van der Waals surface area contributed by atoms with Gasteiger partial charge in [0, 0.05) is 34.2 Å². The number of esters is 3. The van der Waals surface area contributed by atoms with E-state index in [2.05, 4.69) is 15.0 Å². The predicted molar refractivity (Wildman–Crippen MR) is 140 cm³/mol. The zero-order valence-electron chi connectivity index (χ0n) is 23.1. The molecule has 0 unspecified atom stereocenters. The standard InChI is InChI=1S/C28H37N3O6/c1-10-35-26(32)19-13(4)23(29-16(19)7)22(24-14(5)20(17(8)30-24)27(33)36-11-2)25-15(6)21(18(9)31-25)28(34)37-12-3/h22,29-31H,10-12H2,1-9H3. The molecule has 0 atom stereocenters. The Balaban J connectivity index is 2.34. The second kappa shape index (κ2) is 11.1. The summed E-state index contributed by atoms with van der Waals surface area (Å²) in [6.45, 7) is 17.2. The first-order valence-electron chi connectivity index (χ1n) is 12.6. The molecule has 3 N–H and O–H groups in total. The largest absolute Gasteiger partial charge is 0.462 e. The van der Waals surface area contributed by atoms with Crippen LogP contribution in [0, 0.1) is 41.5 Å². The number of hydrogen-bond donors (Lipinski definition) is 3. The van der Waals surface area contributed by atoms with E-state index in [1.807, 2.05) is 41.5 Å². The fourth-order valence-corrected chi connectivity index (χ4v) is 5.15. The summed E-state index contributed by atoms with van der Waals surface area (Å²) in [4.78, 5) is 48.6. The number of aromatic nitrogens is 3. The second-order valence-corrected chi connectivity index (χ2v) is 9.09. The number of aromatic amines is 3. The maximum Gasteiger partial charge on any atom is 0.340 e. The molecule has 0 amide bonds. The maximum absolute atomic E-state index is 12.8. The number of rotatable bonds is 9. The van der Waals surface area contributed by atoms with Crippen molar-refractivity contribution in [3.63, 3.8) is 0 Å². The fourth-order valence-electron chi connectivity index (χ4n) is 5.15. The lowest BCUT2D eigenvalue weighted by Gasteiger charge is -2.18. The molecule has 3 rings (SSSR count). The molecule has 0 bridgehead atoms. The highest BCUT2D eigenvalue weighted by atomic mass is 16.5. The van der Waals surface area contributed by atoms with Gasteiger partial charge < -0.3 is 29.2 Å². The van der Waals surface area contributed by atoms with Crippen molar-refractivity contribution in [3.8, 4) is 0 Å². The smallest absolute Gasteiger partial charge is 0.340 e. The van der Waals surface area contributed by atoms with Crippen molar-refractivity contribution < 1.29 is 28.6 Å². The molecule has 0 spiro atoms. The Morgan fingerprint density at radius 3 is 1.00 bits per heavy atom. The molecule has 0 aliphatic carbocycles. The van der Waals surface area contributed by atoms with Gasteiger partial charge in [0.1, 0.15) is 0 Å². The second-order valence-electron chi connectivity index (χ2n) is 9.09. The average Bonchev–Trinajstić information content (AvgIpc) is 3.39. The van der Waals surface area contributed by atoms with E-state index < -0.39 is 23.8 Å². The Labute approximate surface area is 217 Å². The third-order valence-electron chi connectivity index (χ3n) is 6.73. The van der Waals surface area contributed by atoms with Gasteiger partial charge in [-0.3, -0.25) is 0 Å². The van der Waals surface area contributed by atoms with Gasteiger partial charge in [0.05, 0.1) is 42.4 Å². The van der Waals surface area contributed by atoms with Crippen LogP contribution in [0.15, 0.2) is 0 Å². The molecule has 0 saturated carbocycles. The first-order chi connectivity index (χ1) is 17.5. The maximum atomic E-state index is 12.8. The highest BCUT2D eigenvalue weighted by Gasteiger charge is 2.34. The van der Waals surface area contributed by atoms with Crippen molar-refractivity contribution in [3.05, 3.63) is 67.5 Å². The van der Waals surface area contributed by atoms with E-state index >= 15 is 0 Å². The summed E-state index contributed by atoms with van der Waals surface area (Å²) in [6, 6.07) is 0. The summed E-state index contributed by atoms with van der Waals surface area (Å²) in [5, 5.41) is 0. The van der Waals surface area contributed by atoms with E-state index in [0.717, 1.165) is 33.8 Å². The average molecular weight is 512 g/mol. The van der Waals surface area contributed by atoms with Gasteiger partial charge in [-0.1, -0.05) is 0 Å². The number of H-pyrrole nitrogens is 3. The molecule has 0 saturated heterocycles. The molecular weight excluding hydrogens is 474 g/mol. The van der Waals surface area contributed by atoms with Crippen molar-refractivity contribution in [1.29, 1.82) is 0 Å². The first-order valence-corrected chi connectivity index (χ1v) is 12.6. The van der Waals surface area contributed by atoms with Crippen LogP contribution in [0.4, 0.5) is 0 Å². The predicted octanol–water partition coefficient (Wildman–Crippen LogP) is 5.23. The van der Waals surface area contributed by atoms with Crippen molar-refractivity contribution in [1.82, 2.24) is 15.0 Å². The summed E-state index contributed by atoms with van der Waals surface area (Å²) in [6.07, 6.45) is 0.